The van der Waals surface area contributed by atoms with Gasteiger partial charge in [0.25, 0.3) is 0 Å². The molecule has 10 heteroatoms. The molecule has 32 heavy (non-hydrogen) atoms. The molecular weight excluding hydrogens is 432 g/mol. The van der Waals surface area contributed by atoms with Crippen molar-refractivity contribution >= 4 is 15.9 Å². The summed E-state index contributed by atoms with van der Waals surface area (Å²) >= 11 is 0. The van der Waals surface area contributed by atoms with Gasteiger partial charge in [-0.05, 0) is 36.8 Å². The van der Waals surface area contributed by atoms with Crippen molar-refractivity contribution in [1.82, 2.24) is 19.5 Å². The molecule has 1 aromatic heterocycles. The van der Waals surface area contributed by atoms with Crippen LogP contribution in [-0.4, -0.2) is 74.5 Å². The normalized spacial score (nSPS) is 18.1. The topological polar surface area (TPSA) is 101 Å². The standard InChI is InChI=1S/C22H28N4O5S/c1-17(22(27)26-11-9-25(10-12-26)16-18-5-7-23-8-6-18)24-32(28,29)19-3-4-20-21(15-19)31-14-2-13-30-20/h3-8,15,17,24H,2,9-14,16H2,1H3/t17-/m1/s1. The quantitative estimate of drug-likeness (QED) is 0.692. The van der Waals surface area contributed by atoms with E-state index in [0.717, 1.165) is 26.1 Å². The van der Waals surface area contributed by atoms with Crippen LogP contribution in [0, 0.1) is 0 Å². The molecule has 172 valence electrons. The van der Waals surface area contributed by atoms with Gasteiger partial charge >= 0.3 is 0 Å². The van der Waals surface area contributed by atoms with Crippen LogP contribution in [0.5, 0.6) is 11.5 Å². The maximum atomic E-state index is 12.9. The van der Waals surface area contributed by atoms with Crippen LogP contribution in [0.25, 0.3) is 0 Å². The summed E-state index contributed by atoms with van der Waals surface area (Å²) in [4.78, 5) is 20.9. The number of piperazine rings is 1. The Balaban J connectivity index is 1.34. The second-order valence-electron chi connectivity index (χ2n) is 7.96. The van der Waals surface area contributed by atoms with E-state index in [9.17, 15) is 13.2 Å². The Labute approximate surface area is 188 Å². The first-order chi connectivity index (χ1) is 15.4. The van der Waals surface area contributed by atoms with Crippen molar-refractivity contribution in [2.24, 2.45) is 0 Å². The number of amides is 1. The van der Waals surface area contributed by atoms with E-state index in [1.807, 2.05) is 12.1 Å². The van der Waals surface area contributed by atoms with Gasteiger partial charge in [-0.2, -0.15) is 4.72 Å². The van der Waals surface area contributed by atoms with E-state index in [0.29, 0.717) is 37.8 Å². The number of nitrogens with zero attached hydrogens (tertiary/aromatic N) is 3. The number of benzene rings is 1. The van der Waals surface area contributed by atoms with Crippen molar-refractivity contribution in [3.63, 3.8) is 0 Å². The molecule has 9 nitrogen and oxygen atoms in total. The number of hydrogen-bond acceptors (Lipinski definition) is 7. The van der Waals surface area contributed by atoms with E-state index in [1.54, 1.807) is 30.3 Å². The number of aromatic nitrogens is 1. The molecule has 0 spiro atoms. The van der Waals surface area contributed by atoms with Crippen LogP contribution < -0.4 is 14.2 Å². The summed E-state index contributed by atoms with van der Waals surface area (Å²) in [5, 5.41) is 0. The second kappa shape index (κ2) is 9.85. The first-order valence-electron chi connectivity index (χ1n) is 10.7. The zero-order valence-electron chi connectivity index (χ0n) is 18.1. The molecule has 0 saturated carbocycles. The summed E-state index contributed by atoms with van der Waals surface area (Å²) in [6.45, 7) is 5.94. The molecule has 2 aliphatic heterocycles. The van der Waals surface area contributed by atoms with Crippen molar-refractivity contribution in [3.8, 4) is 11.5 Å². The summed E-state index contributed by atoms with van der Waals surface area (Å²) in [5.41, 5.74) is 1.18. The fourth-order valence-corrected chi connectivity index (χ4v) is 5.02. The summed E-state index contributed by atoms with van der Waals surface area (Å²) < 4.78 is 39.4. The molecule has 4 rings (SSSR count). The van der Waals surface area contributed by atoms with Crippen LogP contribution in [-0.2, 0) is 21.4 Å². The van der Waals surface area contributed by atoms with Crippen molar-refractivity contribution in [2.45, 2.75) is 30.8 Å². The maximum Gasteiger partial charge on any atom is 0.241 e. The van der Waals surface area contributed by atoms with Gasteiger partial charge in [-0.1, -0.05) is 0 Å². The van der Waals surface area contributed by atoms with Gasteiger partial charge in [-0.15, -0.1) is 0 Å². The monoisotopic (exact) mass is 460 g/mol. The van der Waals surface area contributed by atoms with Gasteiger partial charge in [0.05, 0.1) is 24.2 Å². The molecule has 2 aromatic rings. The number of fused-ring (bicyclic) bond motifs is 1. The summed E-state index contributed by atoms with van der Waals surface area (Å²) in [6, 6.07) is 7.58. The van der Waals surface area contributed by atoms with Gasteiger partial charge in [-0.3, -0.25) is 14.7 Å². The molecule has 1 atom stereocenters. The van der Waals surface area contributed by atoms with Gasteiger partial charge in [0, 0.05) is 57.6 Å². The van der Waals surface area contributed by atoms with Gasteiger partial charge in [0.2, 0.25) is 15.9 Å². The van der Waals surface area contributed by atoms with E-state index in [1.165, 1.54) is 17.7 Å². The number of carbonyl (C=O) groups excluding carboxylic acids is 1. The Morgan fingerprint density at radius 2 is 1.75 bits per heavy atom. The highest BCUT2D eigenvalue weighted by Gasteiger charge is 2.29. The first kappa shape index (κ1) is 22.5. The largest absolute Gasteiger partial charge is 0.490 e. The predicted octanol–water partition coefficient (Wildman–Crippen LogP) is 1.25. The van der Waals surface area contributed by atoms with Gasteiger partial charge < -0.3 is 14.4 Å². The molecule has 1 fully saturated rings. The third-order valence-corrected chi connectivity index (χ3v) is 7.11. The molecule has 1 aromatic carbocycles. The minimum atomic E-state index is -3.89. The van der Waals surface area contributed by atoms with E-state index in [4.69, 9.17) is 9.47 Å². The van der Waals surface area contributed by atoms with Crippen molar-refractivity contribution in [2.75, 3.05) is 39.4 Å². The van der Waals surface area contributed by atoms with Crippen LogP contribution >= 0.6 is 0 Å². The zero-order valence-corrected chi connectivity index (χ0v) is 18.9. The average Bonchev–Trinajstić information content (AvgIpc) is 3.04. The van der Waals surface area contributed by atoms with Crippen molar-refractivity contribution in [3.05, 3.63) is 48.3 Å². The molecule has 0 aliphatic carbocycles. The number of nitrogens with one attached hydrogen (secondary N) is 1. The Hall–Kier alpha value is -2.69. The number of hydrogen-bond donors (Lipinski definition) is 1. The molecule has 0 unspecified atom stereocenters. The minimum Gasteiger partial charge on any atom is -0.490 e. The van der Waals surface area contributed by atoms with E-state index in [2.05, 4.69) is 14.6 Å². The molecule has 0 radical (unpaired) electrons. The molecule has 2 aliphatic rings. The smallest absolute Gasteiger partial charge is 0.241 e. The van der Waals surface area contributed by atoms with Gasteiger partial charge in [0.15, 0.2) is 11.5 Å². The van der Waals surface area contributed by atoms with E-state index >= 15 is 0 Å². The summed E-state index contributed by atoms with van der Waals surface area (Å²) in [6.07, 6.45) is 4.27. The Bertz CT molecular complexity index is 1040. The van der Waals surface area contributed by atoms with Gasteiger partial charge in [0.1, 0.15) is 0 Å². The Kier molecular flexibility index (Phi) is 6.92. The third-order valence-electron chi connectivity index (χ3n) is 5.57. The van der Waals surface area contributed by atoms with Crippen molar-refractivity contribution < 1.29 is 22.7 Å². The molecule has 1 amide bonds. The van der Waals surface area contributed by atoms with Crippen LogP contribution in [0.15, 0.2) is 47.6 Å². The molecule has 1 N–H and O–H groups in total. The lowest BCUT2D eigenvalue weighted by molar-refractivity contribution is -0.134. The van der Waals surface area contributed by atoms with E-state index in [-0.39, 0.29) is 10.8 Å². The lowest BCUT2D eigenvalue weighted by Gasteiger charge is -2.36. The van der Waals surface area contributed by atoms with Crippen LogP contribution in [0.4, 0.5) is 0 Å². The fourth-order valence-electron chi connectivity index (χ4n) is 3.81. The molecule has 0 bridgehead atoms. The summed E-state index contributed by atoms with van der Waals surface area (Å²) in [5.74, 6) is 0.691. The Morgan fingerprint density at radius 1 is 1.06 bits per heavy atom. The first-order valence-corrected chi connectivity index (χ1v) is 12.2. The number of sulfonamides is 1. The molecular formula is C22H28N4O5S. The highest BCUT2D eigenvalue weighted by molar-refractivity contribution is 7.89. The minimum absolute atomic E-state index is 0.0450. The number of carbonyl (C=O) groups is 1. The van der Waals surface area contributed by atoms with Crippen LogP contribution in [0.3, 0.4) is 0 Å². The molecule has 3 heterocycles. The highest BCUT2D eigenvalue weighted by Crippen LogP contribution is 2.31. The number of ether oxygens (including phenoxy) is 2. The average molecular weight is 461 g/mol. The SMILES string of the molecule is C[C@@H](NS(=O)(=O)c1ccc2c(c1)OCCCO2)C(=O)N1CCN(Cc2ccncc2)CC1. The highest BCUT2D eigenvalue weighted by atomic mass is 32.2. The second-order valence-corrected chi connectivity index (χ2v) is 9.67. The number of pyridine rings is 1. The maximum absolute atomic E-state index is 12.9. The fraction of sp³-hybridized carbons (Fsp3) is 0.455. The predicted molar refractivity (Wildman–Crippen MR) is 118 cm³/mol. The lowest BCUT2D eigenvalue weighted by atomic mass is 10.2. The lowest BCUT2D eigenvalue weighted by Crippen LogP contribution is -2.53. The van der Waals surface area contributed by atoms with Crippen LogP contribution in [0.1, 0.15) is 18.9 Å². The van der Waals surface area contributed by atoms with Crippen LogP contribution in [0.2, 0.25) is 0 Å². The van der Waals surface area contributed by atoms with E-state index < -0.39 is 16.1 Å². The zero-order chi connectivity index (χ0) is 22.6. The Morgan fingerprint density at radius 3 is 2.47 bits per heavy atom. The molecule has 1 saturated heterocycles. The summed E-state index contributed by atoms with van der Waals surface area (Å²) in [7, 11) is -3.89. The van der Waals surface area contributed by atoms with Gasteiger partial charge in [-0.25, -0.2) is 8.42 Å². The third kappa shape index (κ3) is 5.37. The van der Waals surface area contributed by atoms with Crippen molar-refractivity contribution in [1.29, 1.82) is 0 Å². The number of rotatable bonds is 6.